The van der Waals surface area contributed by atoms with Gasteiger partial charge in [-0.25, -0.2) is 4.79 Å². The zero-order valence-electron chi connectivity index (χ0n) is 13.0. The second-order valence-electron chi connectivity index (χ2n) is 4.89. The summed E-state index contributed by atoms with van der Waals surface area (Å²) >= 11 is 0. The highest BCUT2D eigenvalue weighted by Crippen LogP contribution is 2.18. The number of allylic oxidation sites excluding steroid dienone is 1. The van der Waals surface area contributed by atoms with E-state index in [9.17, 15) is 18.4 Å². The quantitative estimate of drug-likeness (QED) is 0.611. The van der Waals surface area contributed by atoms with Crippen LogP contribution in [0.4, 0.5) is 8.78 Å². The van der Waals surface area contributed by atoms with E-state index in [-0.39, 0.29) is 11.3 Å². The molecule has 0 saturated carbocycles. The van der Waals surface area contributed by atoms with Crippen molar-refractivity contribution in [3.63, 3.8) is 0 Å². The number of carbonyl (C=O) groups is 1. The molecule has 0 aliphatic rings. The lowest BCUT2D eigenvalue weighted by Gasteiger charge is -2.04. The first kappa shape index (κ1) is 17.3. The van der Waals surface area contributed by atoms with Gasteiger partial charge in [0.15, 0.2) is 5.78 Å². The van der Waals surface area contributed by atoms with E-state index >= 15 is 0 Å². The lowest BCUT2D eigenvalue weighted by molar-refractivity contribution is 0.104. The van der Waals surface area contributed by atoms with Crippen molar-refractivity contribution in [2.75, 3.05) is 7.11 Å². The molecule has 0 aliphatic heterocycles. The Hall–Kier alpha value is -3.02. The average Bonchev–Trinajstić information content (AvgIpc) is 2.51. The van der Waals surface area contributed by atoms with E-state index in [1.54, 1.807) is 19.1 Å². The van der Waals surface area contributed by atoms with E-state index in [2.05, 4.69) is 0 Å². The molecule has 0 spiro atoms. The fourth-order valence-electron chi connectivity index (χ4n) is 2.10. The number of rotatable bonds is 5. The Balaban J connectivity index is 2.32. The number of aryl methyl sites for hydroxylation is 1. The van der Waals surface area contributed by atoms with Crippen molar-refractivity contribution in [3.05, 3.63) is 75.4 Å². The summed E-state index contributed by atoms with van der Waals surface area (Å²) in [6, 6.07) is 7.66. The number of hydrogen-bond acceptors (Lipinski definition) is 4. The first-order valence-corrected chi connectivity index (χ1v) is 6.94. The van der Waals surface area contributed by atoms with Crippen LogP contribution in [-0.4, -0.2) is 12.9 Å². The largest absolute Gasteiger partial charge is 0.496 e. The smallest absolute Gasteiger partial charge is 0.351 e. The minimum atomic E-state index is -1.81. The summed E-state index contributed by atoms with van der Waals surface area (Å²) in [6.07, 6.45) is 1.50. The molecule has 2 aromatic rings. The summed E-state index contributed by atoms with van der Waals surface area (Å²) in [4.78, 5) is 24.1. The molecule has 1 aromatic heterocycles. The molecule has 0 atom stereocenters. The number of carbonyl (C=O) groups excluding carboxylic acids is 1. The zero-order chi connectivity index (χ0) is 17.7. The summed E-state index contributed by atoms with van der Waals surface area (Å²) in [6.45, 7) is 1.57. The summed E-state index contributed by atoms with van der Waals surface area (Å²) in [5.41, 5.74) is -0.172. The van der Waals surface area contributed by atoms with Gasteiger partial charge >= 0.3 is 5.63 Å². The van der Waals surface area contributed by atoms with Crippen LogP contribution in [0.5, 0.6) is 5.75 Å². The lowest BCUT2D eigenvalue weighted by Crippen LogP contribution is -2.14. The van der Waals surface area contributed by atoms with Crippen molar-refractivity contribution in [1.29, 1.82) is 0 Å². The number of methoxy groups -OCH3 is 1. The first-order valence-electron chi connectivity index (χ1n) is 6.94. The van der Waals surface area contributed by atoms with Gasteiger partial charge in [-0.3, -0.25) is 4.79 Å². The van der Waals surface area contributed by atoms with Gasteiger partial charge < -0.3 is 9.15 Å². The zero-order valence-corrected chi connectivity index (χ0v) is 13.0. The van der Waals surface area contributed by atoms with Crippen molar-refractivity contribution < 1.29 is 22.7 Å². The van der Waals surface area contributed by atoms with Crippen LogP contribution in [0.1, 0.15) is 27.2 Å². The summed E-state index contributed by atoms with van der Waals surface area (Å²) in [7, 11) is 1.34. The molecule has 124 valence electrons. The fraction of sp³-hybridized carbons (Fsp3) is 0.111. The minimum Gasteiger partial charge on any atom is -0.496 e. The SMILES string of the molecule is COc1cc(C)oc(=O)c1C(=O)C=Cc1cccc(C=C(F)F)c1. The molecule has 2 rings (SSSR count). The highest BCUT2D eigenvalue weighted by Gasteiger charge is 2.17. The molecule has 0 saturated heterocycles. The second-order valence-corrected chi connectivity index (χ2v) is 4.89. The Bertz CT molecular complexity index is 875. The summed E-state index contributed by atoms with van der Waals surface area (Å²) < 4.78 is 34.5. The highest BCUT2D eigenvalue weighted by molar-refractivity contribution is 6.08. The predicted octanol–water partition coefficient (Wildman–Crippen LogP) is 4.09. The molecule has 4 nitrogen and oxygen atoms in total. The fourth-order valence-corrected chi connectivity index (χ4v) is 2.10. The van der Waals surface area contributed by atoms with E-state index < -0.39 is 17.5 Å². The van der Waals surface area contributed by atoms with Gasteiger partial charge in [0.2, 0.25) is 0 Å². The van der Waals surface area contributed by atoms with Crippen molar-refractivity contribution in [2.45, 2.75) is 6.92 Å². The summed E-state index contributed by atoms with van der Waals surface area (Å²) in [5, 5.41) is 0. The van der Waals surface area contributed by atoms with Crippen molar-refractivity contribution >= 4 is 17.9 Å². The van der Waals surface area contributed by atoms with Crippen LogP contribution < -0.4 is 10.4 Å². The highest BCUT2D eigenvalue weighted by atomic mass is 19.3. The molecule has 0 fully saturated rings. The van der Waals surface area contributed by atoms with E-state index in [0.29, 0.717) is 16.9 Å². The molecule has 0 aliphatic carbocycles. The monoisotopic (exact) mass is 332 g/mol. The van der Waals surface area contributed by atoms with Crippen LogP contribution in [0.25, 0.3) is 12.2 Å². The van der Waals surface area contributed by atoms with Gasteiger partial charge in [-0.15, -0.1) is 0 Å². The Labute approximate surface area is 136 Å². The van der Waals surface area contributed by atoms with Crippen LogP contribution in [0.15, 0.2) is 51.7 Å². The summed E-state index contributed by atoms with van der Waals surface area (Å²) in [5.74, 6) is -0.155. The third-order valence-electron chi connectivity index (χ3n) is 3.12. The molecule has 24 heavy (non-hydrogen) atoms. The molecule has 6 heteroatoms. The molecule has 1 aromatic carbocycles. The Morgan fingerprint density at radius 3 is 2.58 bits per heavy atom. The number of halogens is 2. The maximum Gasteiger partial charge on any atom is 0.351 e. The molecule has 0 unspecified atom stereocenters. The van der Waals surface area contributed by atoms with Crippen LogP contribution in [0.3, 0.4) is 0 Å². The number of ether oxygens (including phenoxy) is 1. The van der Waals surface area contributed by atoms with Gasteiger partial charge in [0.25, 0.3) is 6.08 Å². The van der Waals surface area contributed by atoms with Gasteiger partial charge in [-0.2, -0.15) is 8.78 Å². The van der Waals surface area contributed by atoms with Crippen LogP contribution >= 0.6 is 0 Å². The van der Waals surface area contributed by atoms with Crippen molar-refractivity contribution in [2.24, 2.45) is 0 Å². The molecule has 1 heterocycles. The standard InChI is InChI=1S/C18H14F2O4/c1-11-8-15(23-2)17(18(22)24-11)14(21)7-6-12-4-3-5-13(9-12)10-16(19)20/h3-10H,1-2H3. The molecular weight excluding hydrogens is 318 g/mol. The van der Waals surface area contributed by atoms with E-state index in [1.807, 2.05) is 0 Å². The minimum absolute atomic E-state index is 0.120. The maximum atomic E-state index is 12.3. The number of ketones is 1. The van der Waals surface area contributed by atoms with Crippen LogP contribution in [0, 0.1) is 6.92 Å². The van der Waals surface area contributed by atoms with E-state index in [4.69, 9.17) is 9.15 Å². The van der Waals surface area contributed by atoms with Crippen molar-refractivity contribution in [1.82, 2.24) is 0 Å². The van der Waals surface area contributed by atoms with Gasteiger partial charge in [-0.1, -0.05) is 24.3 Å². The topological polar surface area (TPSA) is 56.5 Å². The van der Waals surface area contributed by atoms with E-state index in [1.165, 1.54) is 37.5 Å². The Morgan fingerprint density at radius 2 is 1.92 bits per heavy atom. The van der Waals surface area contributed by atoms with Crippen LogP contribution in [-0.2, 0) is 0 Å². The van der Waals surface area contributed by atoms with Gasteiger partial charge in [0.05, 0.1) is 7.11 Å². The number of benzene rings is 1. The third-order valence-corrected chi connectivity index (χ3v) is 3.12. The second kappa shape index (κ2) is 7.50. The predicted molar refractivity (Wildman–Crippen MR) is 86.3 cm³/mol. The Kier molecular flexibility index (Phi) is 5.42. The molecule has 0 N–H and O–H groups in total. The molecular formula is C18H14F2O4. The van der Waals surface area contributed by atoms with Gasteiger partial charge in [0, 0.05) is 12.1 Å². The van der Waals surface area contributed by atoms with Crippen molar-refractivity contribution in [3.8, 4) is 5.75 Å². The molecule has 0 amide bonds. The van der Waals surface area contributed by atoms with Gasteiger partial charge in [-0.05, 0) is 30.2 Å². The molecule has 0 radical (unpaired) electrons. The Morgan fingerprint density at radius 1 is 1.21 bits per heavy atom. The van der Waals surface area contributed by atoms with E-state index in [0.717, 1.165) is 6.08 Å². The first-order chi connectivity index (χ1) is 11.4. The normalized spacial score (nSPS) is 10.7. The third kappa shape index (κ3) is 4.25. The van der Waals surface area contributed by atoms with Crippen LogP contribution in [0.2, 0.25) is 0 Å². The molecule has 0 bridgehead atoms. The van der Waals surface area contributed by atoms with Gasteiger partial charge in [0.1, 0.15) is 17.1 Å². The lowest BCUT2D eigenvalue weighted by atomic mass is 10.1. The number of hydrogen-bond donors (Lipinski definition) is 0. The maximum absolute atomic E-state index is 12.3. The average molecular weight is 332 g/mol.